The number of hydrazine groups is 1. The second-order valence-electron chi connectivity index (χ2n) is 5.58. The number of nitrogens with two attached hydrogens (primary N) is 1. The van der Waals surface area contributed by atoms with Crippen molar-refractivity contribution >= 4 is 5.96 Å². The fraction of sp³-hybridized carbons (Fsp3) is 0.933. The molecular formula is C15H32N4. The van der Waals surface area contributed by atoms with Crippen LogP contribution in [0.2, 0.25) is 0 Å². The van der Waals surface area contributed by atoms with Crippen molar-refractivity contribution < 1.29 is 0 Å². The lowest BCUT2D eigenvalue weighted by atomic mass is 9.96. The Bertz CT molecular complexity index is 239. The molecule has 1 rings (SSSR count). The molecule has 1 aliphatic rings. The molecule has 1 saturated carbocycles. The van der Waals surface area contributed by atoms with Gasteiger partial charge in [0.05, 0.1) is 6.04 Å². The van der Waals surface area contributed by atoms with Crippen LogP contribution in [0.15, 0.2) is 4.99 Å². The van der Waals surface area contributed by atoms with Crippen molar-refractivity contribution in [1.29, 1.82) is 0 Å². The molecule has 1 fully saturated rings. The zero-order valence-electron chi connectivity index (χ0n) is 12.8. The molecule has 0 radical (unpaired) electrons. The molecule has 4 heteroatoms. The van der Waals surface area contributed by atoms with Gasteiger partial charge >= 0.3 is 0 Å². The highest BCUT2D eigenvalue weighted by atomic mass is 15.4. The third-order valence-electron chi connectivity index (χ3n) is 3.87. The number of nitrogens with zero attached hydrogens (tertiary/aromatic N) is 2. The lowest BCUT2D eigenvalue weighted by Gasteiger charge is -2.27. The van der Waals surface area contributed by atoms with E-state index in [9.17, 15) is 0 Å². The SMILES string of the molecule is CCCCN(CCCC)C(=NC1CCCCC1)NN. The highest BCUT2D eigenvalue weighted by molar-refractivity contribution is 5.79. The van der Waals surface area contributed by atoms with Crippen LogP contribution in [-0.2, 0) is 0 Å². The van der Waals surface area contributed by atoms with Crippen molar-refractivity contribution in [2.45, 2.75) is 77.7 Å². The van der Waals surface area contributed by atoms with Crippen molar-refractivity contribution in [2.75, 3.05) is 13.1 Å². The first-order valence-electron chi connectivity index (χ1n) is 8.11. The van der Waals surface area contributed by atoms with Gasteiger partial charge < -0.3 is 4.90 Å². The first kappa shape index (κ1) is 16.3. The molecule has 0 atom stereocenters. The lowest BCUT2D eigenvalue weighted by molar-refractivity contribution is 0.373. The molecule has 0 spiro atoms. The van der Waals surface area contributed by atoms with E-state index < -0.39 is 0 Å². The summed E-state index contributed by atoms with van der Waals surface area (Å²) in [5, 5.41) is 0. The summed E-state index contributed by atoms with van der Waals surface area (Å²) < 4.78 is 0. The van der Waals surface area contributed by atoms with Gasteiger partial charge in [-0.25, -0.2) is 10.8 Å². The van der Waals surface area contributed by atoms with Crippen LogP contribution in [0.5, 0.6) is 0 Å². The minimum Gasteiger partial charge on any atom is -0.342 e. The molecule has 4 nitrogen and oxygen atoms in total. The van der Waals surface area contributed by atoms with Gasteiger partial charge in [0.15, 0.2) is 0 Å². The van der Waals surface area contributed by atoms with Gasteiger partial charge in [-0.05, 0) is 25.7 Å². The monoisotopic (exact) mass is 268 g/mol. The summed E-state index contributed by atoms with van der Waals surface area (Å²) in [6.07, 6.45) is 11.3. The highest BCUT2D eigenvalue weighted by Gasteiger charge is 2.16. The summed E-state index contributed by atoms with van der Waals surface area (Å²) in [4.78, 5) is 7.20. The second kappa shape index (κ2) is 10.1. The van der Waals surface area contributed by atoms with Crippen molar-refractivity contribution in [3.63, 3.8) is 0 Å². The number of hydrogen-bond acceptors (Lipinski definition) is 2. The summed E-state index contributed by atoms with van der Waals surface area (Å²) in [5.74, 6) is 6.62. The van der Waals surface area contributed by atoms with Crippen LogP contribution >= 0.6 is 0 Å². The summed E-state index contributed by atoms with van der Waals surface area (Å²) in [5.41, 5.74) is 2.84. The molecule has 1 aliphatic carbocycles. The Morgan fingerprint density at radius 2 is 1.68 bits per heavy atom. The van der Waals surface area contributed by atoms with Crippen molar-refractivity contribution in [3.8, 4) is 0 Å². The summed E-state index contributed by atoms with van der Waals surface area (Å²) in [6.45, 7) is 6.58. The van der Waals surface area contributed by atoms with Crippen LogP contribution in [0, 0.1) is 0 Å². The standard InChI is InChI=1S/C15H32N4/c1-3-5-12-19(13-6-4-2)15(18-16)17-14-10-8-7-9-11-14/h14H,3-13,16H2,1-2H3,(H,17,18). The van der Waals surface area contributed by atoms with Crippen molar-refractivity contribution in [1.82, 2.24) is 10.3 Å². The maximum absolute atomic E-state index is 5.71. The largest absolute Gasteiger partial charge is 0.342 e. The topological polar surface area (TPSA) is 53.6 Å². The average molecular weight is 268 g/mol. The predicted molar refractivity (Wildman–Crippen MR) is 83.0 cm³/mol. The molecule has 112 valence electrons. The Morgan fingerprint density at radius 1 is 1.11 bits per heavy atom. The molecule has 0 bridgehead atoms. The number of aliphatic imine (C=N–C) groups is 1. The van der Waals surface area contributed by atoms with Gasteiger partial charge in [-0.2, -0.15) is 0 Å². The molecule has 0 aromatic carbocycles. The normalized spacial score (nSPS) is 17.5. The number of unbranched alkanes of at least 4 members (excludes halogenated alkanes) is 2. The number of rotatable bonds is 7. The summed E-state index contributed by atoms with van der Waals surface area (Å²) in [6, 6.07) is 0.477. The van der Waals surface area contributed by atoms with Gasteiger partial charge in [-0.3, -0.25) is 5.43 Å². The molecule has 0 heterocycles. The molecule has 0 saturated heterocycles. The second-order valence-corrected chi connectivity index (χ2v) is 5.58. The average Bonchev–Trinajstić information content (AvgIpc) is 2.46. The van der Waals surface area contributed by atoms with E-state index >= 15 is 0 Å². The van der Waals surface area contributed by atoms with Gasteiger partial charge in [0.2, 0.25) is 5.96 Å². The fourth-order valence-electron chi connectivity index (χ4n) is 2.61. The number of guanidine groups is 1. The van der Waals surface area contributed by atoms with E-state index in [4.69, 9.17) is 10.8 Å². The first-order valence-corrected chi connectivity index (χ1v) is 8.11. The zero-order chi connectivity index (χ0) is 13.9. The third kappa shape index (κ3) is 6.28. The van der Waals surface area contributed by atoms with Gasteiger partial charge in [0.1, 0.15) is 0 Å². The van der Waals surface area contributed by atoms with Crippen LogP contribution in [0.3, 0.4) is 0 Å². The zero-order valence-corrected chi connectivity index (χ0v) is 12.8. The summed E-state index contributed by atoms with van der Waals surface area (Å²) >= 11 is 0. The smallest absolute Gasteiger partial charge is 0.208 e. The van der Waals surface area contributed by atoms with Gasteiger partial charge in [0, 0.05) is 13.1 Å². The minimum atomic E-state index is 0.477. The van der Waals surface area contributed by atoms with E-state index in [0.717, 1.165) is 19.0 Å². The van der Waals surface area contributed by atoms with E-state index in [0.29, 0.717) is 6.04 Å². The molecule has 19 heavy (non-hydrogen) atoms. The Morgan fingerprint density at radius 3 is 2.16 bits per heavy atom. The molecule has 3 N–H and O–H groups in total. The molecule has 0 unspecified atom stereocenters. The van der Waals surface area contributed by atoms with Gasteiger partial charge in [0.25, 0.3) is 0 Å². The number of hydrogen-bond donors (Lipinski definition) is 2. The Hall–Kier alpha value is -0.770. The maximum Gasteiger partial charge on any atom is 0.208 e. The van der Waals surface area contributed by atoms with E-state index in [-0.39, 0.29) is 0 Å². The van der Waals surface area contributed by atoms with Gasteiger partial charge in [-0.15, -0.1) is 0 Å². The van der Waals surface area contributed by atoms with Crippen LogP contribution in [0.4, 0.5) is 0 Å². The van der Waals surface area contributed by atoms with E-state index in [1.54, 1.807) is 0 Å². The molecular weight excluding hydrogens is 236 g/mol. The van der Waals surface area contributed by atoms with E-state index in [2.05, 4.69) is 24.2 Å². The molecule has 0 aliphatic heterocycles. The third-order valence-corrected chi connectivity index (χ3v) is 3.87. The Labute approximate surface area is 118 Å². The quantitative estimate of drug-likeness (QED) is 0.323. The predicted octanol–water partition coefficient (Wildman–Crippen LogP) is 3.04. The van der Waals surface area contributed by atoms with Crippen molar-refractivity contribution in [3.05, 3.63) is 0 Å². The maximum atomic E-state index is 5.71. The lowest BCUT2D eigenvalue weighted by Crippen LogP contribution is -2.46. The van der Waals surface area contributed by atoms with Crippen LogP contribution in [0.1, 0.15) is 71.6 Å². The van der Waals surface area contributed by atoms with Gasteiger partial charge in [-0.1, -0.05) is 46.0 Å². The fourth-order valence-corrected chi connectivity index (χ4v) is 2.61. The minimum absolute atomic E-state index is 0.477. The van der Waals surface area contributed by atoms with Crippen molar-refractivity contribution in [2.24, 2.45) is 10.8 Å². The first-order chi connectivity index (χ1) is 9.31. The van der Waals surface area contributed by atoms with E-state index in [1.807, 2.05) is 0 Å². The molecule has 0 amide bonds. The summed E-state index contributed by atoms with van der Waals surface area (Å²) in [7, 11) is 0. The number of nitrogens with one attached hydrogen (secondary N) is 1. The Kier molecular flexibility index (Phi) is 8.63. The van der Waals surface area contributed by atoms with E-state index in [1.165, 1.54) is 57.8 Å². The Balaban J connectivity index is 2.60. The highest BCUT2D eigenvalue weighted by Crippen LogP contribution is 2.20. The molecule has 0 aromatic rings. The molecule has 0 aromatic heterocycles. The van der Waals surface area contributed by atoms with Crippen LogP contribution in [0.25, 0.3) is 0 Å². The van der Waals surface area contributed by atoms with Crippen LogP contribution < -0.4 is 11.3 Å². The van der Waals surface area contributed by atoms with Crippen LogP contribution in [-0.4, -0.2) is 30.0 Å².